The van der Waals surface area contributed by atoms with Crippen LogP contribution < -0.4 is 35.2 Å². The second-order valence-electron chi connectivity index (χ2n) is 14.9. The third-order valence-corrected chi connectivity index (χ3v) is 10.6. The second-order valence-corrected chi connectivity index (χ2v) is 15.2. The monoisotopic (exact) mass is 819 g/mol. The summed E-state index contributed by atoms with van der Waals surface area (Å²) in [6, 6.07) is 25.9. The minimum absolute atomic E-state index is 0. The molecule has 0 saturated carbocycles. The van der Waals surface area contributed by atoms with Crippen LogP contribution in [-0.2, 0) is 22.7 Å². The van der Waals surface area contributed by atoms with E-state index in [0.29, 0.717) is 51.1 Å². The van der Waals surface area contributed by atoms with Crippen molar-refractivity contribution in [2.75, 3.05) is 54.5 Å². The Balaban J connectivity index is 0.000000207. The van der Waals surface area contributed by atoms with Gasteiger partial charge in [-0.1, -0.05) is 67.1 Å². The number of rotatable bonds is 10. The molecule has 310 valence electrons. The number of aryl methyl sites for hydroxylation is 2. The van der Waals surface area contributed by atoms with Gasteiger partial charge in [0.2, 0.25) is 23.0 Å². The number of carbonyl (C=O) groups is 2. The number of aromatic nitrogens is 4. The van der Waals surface area contributed by atoms with Gasteiger partial charge in [0.15, 0.2) is 11.5 Å². The fraction of sp³-hybridized carbons (Fsp3) is 0.378. The van der Waals surface area contributed by atoms with Crippen molar-refractivity contribution in [3.8, 4) is 11.5 Å². The molecule has 2 atom stereocenters. The van der Waals surface area contributed by atoms with Crippen LogP contribution in [0.15, 0.2) is 91.3 Å². The van der Waals surface area contributed by atoms with Gasteiger partial charge in [0.1, 0.15) is 24.8 Å². The van der Waals surface area contributed by atoms with Gasteiger partial charge in [-0.05, 0) is 86.5 Å². The molecule has 2 amide bonds. The van der Waals surface area contributed by atoms with Crippen molar-refractivity contribution in [3.63, 3.8) is 0 Å². The predicted molar refractivity (Wildman–Crippen MR) is 232 cm³/mol. The number of piperidine rings is 2. The fourth-order valence-electron chi connectivity index (χ4n) is 7.22. The SMILES string of the molecule is C.Cc1ccc(CNC(=O)[C@H]2CCCN(c3ccnc(Cl)n3)C2)cc1.Cc1ccc(CNC(=O)[C@H]2CCCN(c3ccnc(Nc4ccc5c(c4)OCCO5)n3)C2)cc1. The molecule has 0 radical (unpaired) electrons. The number of carbonyl (C=O) groups excluding carboxylic acids is 2. The Kier molecular flexibility index (Phi) is 14.9. The number of nitrogens with one attached hydrogen (secondary N) is 3. The summed E-state index contributed by atoms with van der Waals surface area (Å²) in [6.07, 6.45) is 7.07. The van der Waals surface area contributed by atoms with E-state index >= 15 is 0 Å². The van der Waals surface area contributed by atoms with Crippen molar-refractivity contribution in [3.05, 3.63) is 119 Å². The number of benzene rings is 3. The Labute approximate surface area is 351 Å². The molecule has 2 saturated heterocycles. The lowest BCUT2D eigenvalue weighted by molar-refractivity contribution is -0.126. The summed E-state index contributed by atoms with van der Waals surface area (Å²) >= 11 is 5.86. The fourth-order valence-corrected chi connectivity index (χ4v) is 7.36. The van der Waals surface area contributed by atoms with Crippen molar-refractivity contribution in [1.82, 2.24) is 30.6 Å². The number of amides is 2. The first kappa shape index (κ1) is 42.7. The van der Waals surface area contributed by atoms with Gasteiger partial charge in [-0.2, -0.15) is 4.98 Å². The number of anilines is 4. The lowest BCUT2D eigenvalue weighted by Crippen LogP contribution is -2.43. The number of fused-ring (bicyclic) bond motifs is 1. The molecule has 3 aliphatic rings. The highest BCUT2D eigenvalue weighted by atomic mass is 35.5. The van der Waals surface area contributed by atoms with Crippen molar-refractivity contribution in [2.45, 2.75) is 60.0 Å². The molecule has 3 aromatic carbocycles. The first-order valence-electron chi connectivity index (χ1n) is 19.9. The maximum Gasteiger partial charge on any atom is 0.229 e. The normalized spacial score (nSPS) is 17.1. The zero-order valence-electron chi connectivity index (χ0n) is 33.0. The Bertz CT molecular complexity index is 2150. The van der Waals surface area contributed by atoms with Crippen molar-refractivity contribution < 1.29 is 19.1 Å². The molecule has 3 N–H and O–H groups in total. The molecule has 2 fully saturated rings. The molecular weight excluding hydrogens is 766 g/mol. The minimum atomic E-state index is -0.0663. The van der Waals surface area contributed by atoms with Crippen LogP contribution >= 0.6 is 11.6 Å². The molecule has 0 bridgehead atoms. The third-order valence-electron chi connectivity index (χ3n) is 10.5. The molecule has 0 spiro atoms. The van der Waals surface area contributed by atoms with E-state index in [1.165, 1.54) is 11.1 Å². The van der Waals surface area contributed by atoms with Crippen LogP contribution in [0.4, 0.5) is 23.3 Å². The standard InChI is InChI=1S/C26H29N5O3.C18H21ClN4O.CH4/c1-18-4-6-19(7-5-18)16-28-25(32)20-3-2-12-31(17-20)24-10-11-27-26(30-24)29-21-8-9-22-23(15-21)34-14-13-33-22;1-13-4-6-14(7-5-13)11-21-17(24)15-3-2-10-23(12-15)16-8-9-20-18(19)22-16;/h4-11,15,20H,2-3,12-14,16-17H2,1H3,(H,28,32)(H,27,29,30);4-9,15H,2-3,10-12H2,1H3,(H,21,24);1H4/t20-;15-;/m00./s1. The molecule has 0 unspecified atom stereocenters. The molecule has 14 heteroatoms. The predicted octanol–water partition coefficient (Wildman–Crippen LogP) is 7.44. The number of halogens is 1. The zero-order chi connectivity index (χ0) is 40.3. The minimum Gasteiger partial charge on any atom is -0.486 e. The van der Waals surface area contributed by atoms with Crippen molar-refractivity contribution >= 4 is 46.7 Å². The van der Waals surface area contributed by atoms with Gasteiger partial charge in [-0.15, -0.1) is 0 Å². The van der Waals surface area contributed by atoms with Crippen LogP contribution in [0.2, 0.25) is 5.28 Å². The topological polar surface area (TPSA) is 147 Å². The van der Waals surface area contributed by atoms with Crippen molar-refractivity contribution in [2.24, 2.45) is 11.8 Å². The summed E-state index contributed by atoms with van der Waals surface area (Å²) in [5.41, 5.74) is 5.48. The Hall–Kier alpha value is -5.95. The molecule has 5 aromatic rings. The molecule has 8 rings (SSSR count). The van der Waals surface area contributed by atoms with Gasteiger partial charge < -0.3 is 35.2 Å². The Morgan fingerprint density at radius 1 is 0.695 bits per heavy atom. The van der Waals surface area contributed by atoms with E-state index in [0.717, 1.165) is 73.0 Å². The maximum atomic E-state index is 12.8. The highest BCUT2D eigenvalue weighted by molar-refractivity contribution is 6.28. The van der Waals surface area contributed by atoms with E-state index in [2.05, 4.69) is 90.9 Å². The smallest absolute Gasteiger partial charge is 0.229 e. The highest BCUT2D eigenvalue weighted by Crippen LogP contribution is 2.33. The number of ether oxygens (including phenoxy) is 2. The van der Waals surface area contributed by atoms with Gasteiger partial charge >= 0.3 is 0 Å². The lowest BCUT2D eigenvalue weighted by atomic mass is 9.97. The average Bonchev–Trinajstić information content (AvgIpc) is 3.26. The molecular formula is C45H54ClN9O4. The molecule has 3 aliphatic heterocycles. The summed E-state index contributed by atoms with van der Waals surface area (Å²) in [4.78, 5) is 46.8. The lowest BCUT2D eigenvalue weighted by Gasteiger charge is -2.33. The largest absolute Gasteiger partial charge is 0.486 e. The van der Waals surface area contributed by atoms with Crippen LogP contribution in [0.3, 0.4) is 0 Å². The third kappa shape index (κ3) is 12.0. The first-order valence-corrected chi connectivity index (χ1v) is 20.3. The number of nitrogens with zero attached hydrogens (tertiary/aromatic N) is 6. The van der Waals surface area contributed by atoms with E-state index in [-0.39, 0.29) is 36.4 Å². The summed E-state index contributed by atoms with van der Waals surface area (Å²) in [5, 5.41) is 9.62. The quantitative estimate of drug-likeness (QED) is 0.121. The van der Waals surface area contributed by atoms with Gasteiger partial charge in [0.05, 0.1) is 11.8 Å². The Morgan fingerprint density at radius 3 is 1.78 bits per heavy atom. The zero-order valence-corrected chi connectivity index (χ0v) is 33.8. The average molecular weight is 820 g/mol. The summed E-state index contributed by atoms with van der Waals surface area (Å²) in [7, 11) is 0. The van der Waals surface area contributed by atoms with Crippen LogP contribution in [-0.4, -0.2) is 71.1 Å². The van der Waals surface area contributed by atoms with Crippen LogP contribution in [0.5, 0.6) is 11.5 Å². The van der Waals surface area contributed by atoms with Crippen LogP contribution in [0.1, 0.15) is 55.4 Å². The van der Waals surface area contributed by atoms with Gasteiger partial charge in [-0.25, -0.2) is 15.0 Å². The summed E-state index contributed by atoms with van der Waals surface area (Å²) in [6.45, 7) is 9.37. The van der Waals surface area contributed by atoms with Crippen molar-refractivity contribution in [1.29, 1.82) is 0 Å². The van der Waals surface area contributed by atoms with Gasteiger partial charge in [-0.3, -0.25) is 9.59 Å². The van der Waals surface area contributed by atoms with Gasteiger partial charge in [0.25, 0.3) is 0 Å². The summed E-state index contributed by atoms with van der Waals surface area (Å²) < 4.78 is 11.2. The molecule has 13 nitrogen and oxygen atoms in total. The number of hydrogen-bond donors (Lipinski definition) is 3. The molecule has 2 aromatic heterocycles. The van der Waals surface area contributed by atoms with Crippen LogP contribution in [0, 0.1) is 25.7 Å². The molecule has 5 heterocycles. The van der Waals surface area contributed by atoms with Gasteiger partial charge in [0, 0.05) is 63.4 Å². The van der Waals surface area contributed by atoms with E-state index in [9.17, 15) is 9.59 Å². The maximum absolute atomic E-state index is 12.8. The Morgan fingerprint density at radius 2 is 1.22 bits per heavy atom. The highest BCUT2D eigenvalue weighted by Gasteiger charge is 2.28. The molecule has 59 heavy (non-hydrogen) atoms. The van der Waals surface area contributed by atoms with E-state index in [1.807, 2.05) is 42.5 Å². The second kappa shape index (κ2) is 20.6. The van der Waals surface area contributed by atoms with Crippen LogP contribution in [0.25, 0.3) is 0 Å². The summed E-state index contributed by atoms with van der Waals surface area (Å²) in [5.74, 6) is 3.64. The van der Waals surface area contributed by atoms with E-state index in [1.54, 1.807) is 12.4 Å². The number of hydrogen-bond acceptors (Lipinski definition) is 11. The molecule has 0 aliphatic carbocycles. The van der Waals surface area contributed by atoms with E-state index < -0.39 is 0 Å². The first-order chi connectivity index (χ1) is 28.3. The van der Waals surface area contributed by atoms with E-state index in [4.69, 9.17) is 26.1 Å².